The van der Waals surface area contributed by atoms with Crippen molar-refractivity contribution < 1.29 is 0 Å². The molecule has 1 N–H and O–H groups in total. The van der Waals surface area contributed by atoms with E-state index in [0.717, 1.165) is 16.1 Å². The third-order valence-corrected chi connectivity index (χ3v) is 4.85. The van der Waals surface area contributed by atoms with E-state index in [4.69, 9.17) is 11.6 Å². The van der Waals surface area contributed by atoms with E-state index in [2.05, 4.69) is 33.7 Å². The molecule has 0 spiro atoms. The highest BCUT2D eigenvalue weighted by Gasteiger charge is 2.10. The highest BCUT2D eigenvalue weighted by atomic mass is 35.5. The van der Waals surface area contributed by atoms with Crippen LogP contribution in [0.2, 0.25) is 0 Å². The molecule has 4 nitrogen and oxygen atoms in total. The largest absolute Gasteiger partial charge is 0.288 e. The fraction of sp³-hybridized carbons (Fsp3) is 0.0588. The molecule has 4 aromatic rings. The summed E-state index contributed by atoms with van der Waals surface area (Å²) < 4.78 is 1.44. The van der Waals surface area contributed by atoms with Crippen molar-refractivity contribution in [2.75, 3.05) is 0 Å². The van der Waals surface area contributed by atoms with Gasteiger partial charge in [0.1, 0.15) is 0 Å². The number of hydrogen-bond donors (Lipinski definition) is 1. The molecule has 0 unspecified atom stereocenters. The van der Waals surface area contributed by atoms with Crippen LogP contribution >= 0.6 is 22.9 Å². The second kappa shape index (κ2) is 5.68. The maximum atomic E-state index is 12.1. The van der Waals surface area contributed by atoms with E-state index in [9.17, 15) is 4.79 Å². The van der Waals surface area contributed by atoms with Crippen molar-refractivity contribution in [1.82, 2.24) is 14.6 Å². The zero-order valence-electron chi connectivity index (χ0n) is 12.0. The Morgan fingerprint density at radius 3 is 2.74 bits per heavy atom. The summed E-state index contributed by atoms with van der Waals surface area (Å²) >= 11 is 7.40. The fourth-order valence-electron chi connectivity index (χ4n) is 2.49. The molecule has 0 radical (unpaired) electrons. The third kappa shape index (κ3) is 2.58. The van der Waals surface area contributed by atoms with E-state index in [-0.39, 0.29) is 11.4 Å². The van der Waals surface area contributed by atoms with Crippen molar-refractivity contribution in [3.8, 4) is 21.7 Å². The number of nitrogens with one attached hydrogen (secondary N) is 1. The standard InChI is InChI=1S/C17H12ClN3OS/c18-9-13-7-17(22)21-16(19-13)8-14(20-21)15-6-12(10-23-15)11-4-2-1-3-5-11/h1-8,10,20H,9H2. The van der Waals surface area contributed by atoms with Gasteiger partial charge in [-0.05, 0) is 22.6 Å². The van der Waals surface area contributed by atoms with Gasteiger partial charge in [0.2, 0.25) is 0 Å². The van der Waals surface area contributed by atoms with Gasteiger partial charge in [0.15, 0.2) is 5.65 Å². The van der Waals surface area contributed by atoms with Gasteiger partial charge in [-0.15, -0.1) is 22.9 Å². The van der Waals surface area contributed by atoms with E-state index in [0.29, 0.717) is 11.3 Å². The van der Waals surface area contributed by atoms with Gasteiger partial charge in [-0.1, -0.05) is 30.3 Å². The van der Waals surface area contributed by atoms with Crippen LogP contribution in [0.3, 0.4) is 0 Å². The zero-order chi connectivity index (χ0) is 15.8. The maximum Gasteiger partial charge on any atom is 0.272 e. The molecular weight excluding hydrogens is 330 g/mol. The average Bonchev–Trinajstić information content (AvgIpc) is 3.22. The normalized spacial score (nSPS) is 11.2. The summed E-state index contributed by atoms with van der Waals surface area (Å²) in [5.41, 5.74) is 4.21. The van der Waals surface area contributed by atoms with Gasteiger partial charge >= 0.3 is 0 Å². The first-order chi connectivity index (χ1) is 11.2. The lowest BCUT2D eigenvalue weighted by atomic mass is 10.1. The molecule has 4 rings (SSSR count). The molecule has 0 saturated heterocycles. The van der Waals surface area contributed by atoms with Crippen molar-refractivity contribution in [2.45, 2.75) is 5.88 Å². The van der Waals surface area contributed by atoms with Gasteiger partial charge in [-0.25, -0.2) is 9.50 Å². The predicted molar refractivity (Wildman–Crippen MR) is 94.1 cm³/mol. The van der Waals surface area contributed by atoms with Crippen molar-refractivity contribution in [3.63, 3.8) is 0 Å². The number of nitrogens with zero attached hydrogens (tertiary/aromatic N) is 2. The Labute approximate surface area is 141 Å². The molecule has 23 heavy (non-hydrogen) atoms. The summed E-state index contributed by atoms with van der Waals surface area (Å²) in [7, 11) is 0. The summed E-state index contributed by atoms with van der Waals surface area (Å²) in [5, 5.41) is 5.21. The summed E-state index contributed by atoms with van der Waals surface area (Å²) in [6.45, 7) is 0. The molecule has 1 aromatic carbocycles. The molecule has 0 amide bonds. The van der Waals surface area contributed by atoms with E-state index in [1.165, 1.54) is 16.1 Å². The lowest BCUT2D eigenvalue weighted by Gasteiger charge is -1.95. The smallest absolute Gasteiger partial charge is 0.272 e. The summed E-state index contributed by atoms with van der Waals surface area (Å²) in [5.74, 6) is 0.226. The van der Waals surface area contributed by atoms with Crippen LogP contribution in [0.5, 0.6) is 0 Å². The number of alkyl halides is 1. The number of fused-ring (bicyclic) bond motifs is 1. The van der Waals surface area contributed by atoms with Gasteiger partial charge in [-0.3, -0.25) is 9.89 Å². The molecule has 114 valence electrons. The monoisotopic (exact) mass is 341 g/mol. The lowest BCUT2D eigenvalue weighted by Crippen LogP contribution is -2.14. The Morgan fingerprint density at radius 2 is 1.96 bits per heavy atom. The van der Waals surface area contributed by atoms with Crippen molar-refractivity contribution in [3.05, 3.63) is 70.0 Å². The highest BCUT2D eigenvalue weighted by Crippen LogP contribution is 2.32. The molecule has 0 fully saturated rings. The molecule has 3 aromatic heterocycles. The van der Waals surface area contributed by atoms with E-state index in [1.807, 2.05) is 24.3 Å². The summed E-state index contributed by atoms with van der Waals surface area (Å²) in [6, 6.07) is 15.6. The molecule has 0 aliphatic rings. The van der Waals surface area contributed by atoms with Crippen LogP contribution in [0.15, 0.2) is 58.7 Å². The molecule has 0 saturated carbocycles. The third-order valence-electron chi connectivity index (χ3n) is 3.61. The molecule has 6 heteroatoms. The molecule has 3 heterocycles. The molecule has 0 bridgehead atoms. The quantitative estimate of drug-likeness (QED) is 0.569. The van der Waals surface area contributed by atoms with Crippen LogP contribution in [0.1, 0.15) is 5.69 Å². The minimum absolute atomic E-state index is 0.156. The number of aromatic amines is 1. The minimum atomic E-state index is -0.156. The maximum absolute atomic E-state index is 12.1. The second-order valence-corrected chi connectivity index (χ2v) is 6.33. The van der Waals surface area contributed by atoms with E-state index < -0.39 is 0 Å². The summed E-state index contributed by atoms with van der Waals surface area (Å²) in [4.78, 5) is 17.5. The number of halogens is 1. The van der Waals surface area contributed by atoms with Gasteiger partial charge < -0.3 is 0 Å². The Bertz CT molecular complexity index is 1030. The molecule has 0 atom stereocenters. The first-order valence-electron chi connectivity index (χ1n) is 7.06. The van der Waals surface area contributed by atoms with Crippen molar-refractivity contribution in [2.24, 2.45) is 0 Å². The number of aromatic nitrogens is 3. The predicted octanol–water partition coefficient (Wildman–Crippen LogP) is 4.16. The number of rotatable bonds is 3. The number of thiophene rings is 1. The van der Waals surface area contributed by atoms with Gasteiger partial charge in [-0.2, -0.15) is 0 Å². The van der Waals surface area contributed by atoms with Crippen LogP contribution in [-0.2, 0) is 5.88 Å². The Kier molecular flexibility index (Phi) is 3.52. The second-order valence-electron chi connectivity index (χ2n) is 5.15. The average molecular weight is 342 g/mol. The SMILES string of the molecule is O=c1cc(CCl)nc2cc(-c3cc(-c4ccccc4)cs3)[nH]n12. The summed E-state index contributed by atoms with van der Waals surface area (Å²) in [6.07, 6.45) is 0. The van der Waals surface area contributed by atoms with E-state index >= 15 is 0 Å². The number of H-pyrrole nitrogens is 1. The number of benzene rings is 1. The van der Waals surface area contributed by atoms with Gasteiger partial charge in [0, 0.05) is 12.1 Å². The van der Waals surface area contributed by atoms with Crippen molar-refractivity contribution in [1.29, 1.82) is 0 Å². The van der Waals surface area contributed by atoms with Crippen molar-refractivity contribution >= 4 is 28.6 Å². The van der Waals surface area contributed by atoms with Crippen LogP contribution in [0.25, 0.3) is 27.3 Å². The molecule has 0 aliphatic carbocycles. The Hall–Kier alpha value is -2.37. The lowest BCUT2D eigenvalue weighted by molar-refractivity contribution is 0.892. The highest BCUT2D eigenvalue weighted by molar-refractivity contribution is 7.14. The Balaban J connectivity index is 1.79. The first-order valence-corrected chi connectivity index (χ1v) is 8.48. The van der Waals surface area contributed by atoms with E-state index in [1.54, 1.807) is 11.3 Å². The van der Waals surface area contributed by atoms with Crippen LogP contribution < -0.4 is 5.56 Å². The number of hydrogen-bond acceptors (Lipinski definition) is 3. The fourth-order valence-corrected chi connectivity index (χ4v) is 3.52. The van der Waals surface area contributed by atoms with Gasteiger partial charge in [0.05, 0.1) is 22.1 Å². The van der Waals surface area contributed by atoms with Crippen LogP contribution in [0.4, 0.5) is 0 Å². The van der Waals surface area contributed by atoms with Crippen LogP contribution in [0, 0.1) is 0 Å². The first kappa shape index (κ1) is 14.2. The zero-order valence-corrected chi connectivity index (χ0v) is 13.6. The van der Waals surface area contributed by atoms with Gasteiger partial charge in [0.25, 0.3) is 5.56 Å². The minimum Gasteiger partial charge on any atom is -0.288 e. The topological polar surface area (TPSA) is 50.2 Å². The Morgan fingerprint density at radius 1 is 1.13 bits per heavy atom. The van der Waals surface area contributed by atoms with Crippen LogP contribution in [-0.4, -0.2) is 14.6 Å². The molecule has 0 aliphatic heterocycles. The molecular formula is C17H12ClN3OS.